The first-order valence-electron chi connectivity index (χ1n) is 6.83. The molecular formula is C17H12ClFN2OS. The monoisotopic (exact) mass is 346 g/mol. The van der Waals surface area contributed by atoms with Gasteiger partial charge in [-0.15, -0.1) is 0 Å². The van der Waals surface area contributed by atoms with Gasteiger partial charge < -0.3 is 5.32 Å². The number of amides is 1. The molecule has 1 amide bonds. The summed E-state index contributed by atoms with van der Waals surface area (Å²) in [6.45, 7) is 1.99. The predicted molar refractivity (Wildman–Crippen MR) is 93.4 cm³/mol. The molecule has 0 aromatic heterocycles. The highest BCUT2D eigenvalue weighted by atomic mass is 35.5. The van der Waals surface area contributed by atoms with E-state index in [1.54, 1.807) is 6.07 Å². The van der Waals surface area contributed by atoms with Gasteiger partial charge >= 0.3 is 0 Å². The van der Waals surface area contributed by atoms with Crippen LogP contribution in [0.25, 0.3) is 6.08 Å². The van der Waals surface area contributed by atoms with Gasteiger partial charge in [0.2, 0.25) is 0 Å². The quantitative estimate of drug-likeness (QED) is 0.802. The smallest absolute Gasteiger partial charge is 0.264 e. The zero-order valence-electron chi connectivity index (χ0n) is 12.1. The van der Waals surface area contributed by atoms with Crippen LogP contribution in [0.2, 0.25) is 5.02 Å². The number of carbonyl (C=O) groups is 1. The Bertz CT molecular complexity index is 811. The summed E-state index contributed by atoms with van der Waals surface area (Å²) >= 11 is 7.14. The van der Waals surface area contributed by atoms with Gasteiger partial charge in [-0.05, 0) is 49.0 Å². The van der Waals surface area contributed by atoms with E-state index in [2.05, 4.69) is 10.3 Å². The Labute approximate surface area is 142 Å². The van der Waals surface area contributed by atoms with E-state index in [0.717, 1.165) is 23.0 Å². The lowest BCUT2D eigenvalue weighted by atomic mass is 10.2. The third-order valence-electron chi connectivity index (χ3n) is 3.19. The van der Waals surface area contributed by atoms with Crippen LogP contribution in [0, 0.1) is 12.7 Å². The van der Waals surface area contributed by atoms with Gasteiger partial charge in [-0.1, -0.05) is 35.4 Å². The van der Waals surface area contributed by atoms with Crippen LogP contribution in [0.4, 0.5) is 10.1 Å². The van der Waals surface area contributed by atoms with Crippen LogP contribution in [0.15, 0.2) is 52.4 Å². The molecule has 0 spiro atoms. The number of rotatable bonds is 2. The van der Waals surface area contributed by atoms with Crippen molar-refractivity contribution in [2.45, 2.75) is 6.92 Å². The maximum atomic E-state index is 13.8. The lowest BCUT2D eigenvalue weighted by Crippen LogP contribution is -2.19. The number of aliphatic imine (C=N–C) groups is 1. The minimum absolute atomic E-state index is 0.198. The molecular weight excluding hydrogens is 335 g/mol. The van der Waals surface area contributed by atoms with Crippen LogP contribution in [0.5, 0.6) is 0 Å². The van der Waals surface area contributed by atoms with Gasteiger partial charge in [0.25, 0.3) is 5.91 Å². The van der Waals surface area contributed by atoms with E-state index in [1.165, 1.54) is 18.2 Å². The fourth-order valence-corrected chi connectivity index (χ4v) is 3.04. The molecule has 2 aromatic carbocycles. The summed E-state index contributed by atoms with van der Waals surface area (Å²) < 4.78 is 13.8. The Morgan fingerprint density at radius 1 is 1.22 bits per heavy atom. The number of benzene rings is 2. The number of thioether (sulfide) groups is 1. The Hall–Kier alpha value is -2.11. The maximum absolute atomic E-state index is 13.8. The zero-order chi connectivity index (χ0) is 16.4. The summed E-state index contributed by atoms with van der Waals surface area (Å²) in [5, 5.41) is 3.38. The first kappa shape index (κ1) is 15.8. The number of carbonyl (C=O) groups excluding carboxylic acids is 1. The van der Waals surface area contributed by atoms with Gasteiger partial charge in [0.05, 0.1) is 15.6 Å². The predicted octanol–water partition coefficient (Wildman–Crippen LogP) is 4.68. The first-order valence-corrected chi connectivity index (χ1v) is 8.02. The summed E-state index contributed by atoms with van der Waals surface area (Å²) in [5.74, 6) is -0.789. The minimum Gasteiger partial charge on any atom is -0.300 e. The second kappa shape index (κ2) is 6.56. The lowest BCUT2D eigenvalue weighted by molar-refractivity contribution is -0.115. The molecule has 0 bridgehead atoms. The molecule has 1 heterocycles. The molecule has 116 valence electrons. The van der Waals surface area contributed by atoms with Gasteiger partial charge in [0, 0.05) is 5.56 Å². The fraction of sp³-hybridized carbons (Fsp3) is 0.0588. The maximum Gasteiger partial charge on any atom is 0.264 e. The van der Waals surface area contributed by atoms with Gasteiger partial charge in [-0.2, -0.15) is 0 Å². The normalized spacial score (nSPS) is 17.8. The number of hydrogen-bond acceptors (Lipinski definition) is 3. The summed E-state index contributed by atoms with van der Waals surface area (Å²) in [6.07, 6.45) is 1.44. The van der Waals surface area contributed by atoms with Gasteiger partial charge in [-0.3, -0.25) is 4.79 Å². The molecule has 0 saturated carbocycles. The zero-order valence-corrected chi connectivity index (χ0v) is 13.7. The highest BCUT2D eigenvalue weighted by Crippen LogP contribution is 2.30. The van der Waals surface area contributed by atoms with Crippen molar-refractivity contribution in [3.05, 3.63) is 69.3 Å². The molecule has 0 unspecified atom stereocenters. The van der Waals surface area contributed by atoms with Crippen LogP contribution in [-0.2, 0) is 4.79 Å². The van der Waals surface area contributed by atoms with E-state index in [0.29, 0.717) is 10.1 Å². The van der Waals surface area contributed by atoms with Gasteiger partial charge in [0.1, 0.15) is 5.82 Å². The molecule has 6 heteroatoms. The molecule has 0 aliphatic carbocycles. The van der Waals surface area contributed by atoms with E-state index in [9.17, 15) is 9.18 Å². The molecule has 23 heavy (non-hydrogen) atoms. The number of hydrogen-bond donors (Lipinski definition) is 1. The molecule has 1 fully saturated rings. The average molecular weight is 347 g/mol. The highest BCUT2D eigenvalue weighted by molar-refractivity contribution is 8.18. The van der Waals surface area contributed by atoms with Crippen molar-refractivity contribution in [2.75, 3.05) is 0 Å². The largest absolute Gasteiger partial charge is 0.300 e. The molecule has 1 N–H and O–H groups in total. The van der Waals surface area contributed by atoms with Crippen molar-refractivity contribution in [3.63, 3.8) is 0 Å². The van der Waals surface area contributed by atoms with Gasteiger partial charge in [-0.25, -0.2) is 9.38 Å². The fourth-order valence-electron chi connectivity index (χ4n) is 2.00. The second-order valence-electron chi connectivity index (χ2n) is 4.95. The molecule has 0 atom stereocenters. The molecule has 0 radical (unpaired) electrons. The lowest BCUT2D eigenvalue weighted by Gasteiger charge is -2.00. The summed E-state index contributed by atoms with van der Waals surface area (Å²) in [7, 11) is 0. The van der Waals surface area contributed by atoms with Crippen molar-refractivity contribution in [3.8, 4) is 0 Å². The van der Waals surface area contributed by atoms with Crippen molar-refractivity contribution < 1.29 is 9.18 Å². The van der Waals surface area contributed by atoms with Crippen LogP contribution in [0.3, 0.4) is 0 Å². The van der Waals surface area contributed by atoms with E-state index in [1.807, 2.05) is 31.2 Å². The Balaban J connectivity index is 1.88. The number of aryl methyl sites for hydroxylation is 1. The molecule has 3 nitrogen and oxygen atoms in total. The minimum atomic E-state index is -0.470. The molecule has 3 rings (SSSR count). The third kappa shape index (κ3) is 3.63. The number of nitrogens with one attached hydrogen (secondary N) is 1. The molecule has 1 aliphatic rings. The SMILES string of the molecule is Cc1ccc(N=C2NC(=O)/C(=C\c3c(F)cccc3Cl)S2)cc1. The van der Waals surface area contributed by atoms with Crippen LogP contribution < -0.4 is 5.32 Å². The van der Waals surface area contributed by atoms with Gasteiger partial charge in [0.15, 0.2) is 5.17 Å². The van der Waals surface area contributed by atoms with E-state index in [-0.39, 0.29) is 16.5 Å². The van der Waals surface area contributed by atoms with Crippen LogP contribution in [0.1, 0.15) is 11.1 Å². The average Bonchev–Trinajstić information content (AvgIpc) is 2.85. The molecule has 1 saturated heterocycles. The van der Waals surface area contributed by atoms with Crippen molar-refractivity contribution >= 4 is 46.2 Å². The standard InChI is InChI=1S/C17H12ClFN2OS/c1-10-5-7-11(8-6-10)20-17-21-16(22)15(23-17)9-12-13(18)3-2-4-14(12)19/h2-9H,1H3,(H,20,21,22)/b15-9+. The summed E-state index contributed by atoms with van der Waals surface area (Å²) in [5.41, 5.74) is 2.07. The number of halogens is 2. The van der Waals surface area contributed by atoms with Crippen LogP contribution >= 0.6 is 23.4 Å². The van der Waals surface area contributed by atoms with Crippen molar-refractivity contribution in [2.24, 2.45) is 4.99 Å². The van der Waals surface area contributed by atoms with E-state index >= 15 is 0 Å². The Kier molecular flexibility index (Phi) is 4.50. The van der Waals surface area contributed by atoms with E-state index < -0.39 is 5.82 Å². The number of amidine groups is 1. The summed E-state index contributed by atoms with van der Waals surface area (Å²) in [6, 6.07) is 12.0. The summed E-state index contributed by atoms with van der Waals surface area (Å²) in [4.78, 5) is 16.7. The highest BCUT2D eigenvalue weighted by Gasteiger charge is 2.24. The molecule has 2 aromatic rings. The van der Waals surface area contributed by atoms with Crippen molar-refractivity contribution in [1.29, 1.82) is 0 Å². The topological polar surface area (TPSA) is 41.5 Å². The van der Waals surface area contributed by atoms with Crippen LogP contribution in [-0.4, -0.2) is 11.1 Å². The Morgan fingerprint density at radius 3 is 2.65 bits per heavy atom. The molecule has 1 aliphatic heterocycles. The second-order valence-corrected chi connectivity index (χ2v) is 6.39. The third-order valence-corrected chi connectivity index (χ3v) is 4.43. The Morgan fingerprint density at radius 2 is 1.96 bits per heavy atom. The van der Waals surface area contributed by atoms with Crippen molar-refractivity contribution in [1.82, 2.24) is 5.32 Å². The first-order chi connectivity index (χ1) is 11.0. The van der Waals surface area contributed by atoms with E-state index in [4.69, 9.17) is 11.6 Å². The number of nitrogens with zero attached hydrogens (tertiary/aromatic N) is 1.